The Labute approximate surface area is 156 Å². The van der Waals surface area contributed by atoms with Crippen LogP contribution in [0.2, 0.25) is 0 Å². The average molecular weight is 358 g/mol. The van der Waals surface area contributed by atoms with Gasteiger partial charge in [-0.25, -0.2) is 0 Å². The number of amides is 1. The van der Waals surface area contributed by atoms with Crippen LogP contribution in [-0.4, -0.2) is 54.2 Å². The van der Waals surface area contributed by atoms with Gasteiger partial charge in [-0.3, -0.25) is 9.69 Å². The summed E-state index contributed by atoms with van der Waals surface area (Å²) < 4.78 is 10.9. The van der Waals surface area contributed by atoms with Crippen molar-refractivity contribution in [3.05, 3.63) is 23.8 Å². The number of piperidine rings is 2. The van der Waals surface area contributed by atoms with Gasteiger partial charge in [-0.1, -0.05) is 6.07 Å². The van der Waals surface area contributed by atoms with Gasteiger partial charge in [0.15, 0.2) is 11.5 Å². The zero-order valence-corrected chi connectivity index (χ0v) is 15.9. The molecule has 2 atom stereocenters. The molecule has 3 aliphatic heterocycles. The second-order valence-electron chi connectivity index (χ2n) is 8.09. The Hall–Kier alpha value is -1.75. The van der Waals surface area contributed by atoms with Gasteiger partial charge in [-0.2, -0.15) is 0 Å². The standard InChI is InChI=1S/C21H30N2O3/c1-15-4-3-5-16(2)23(15)21(24)13-22-10-8-17(9-11-22)18-6-7-19-20(12-18)26-14-25-19/h6-7,12,15-17H,3-5,8-11,13-14H2,1-2H3/t15-,16-/m0/s1. The molecule has 142 valence electrons. The molecule has 0 saturated carbocycles. The molecule has 4 rings (SSSR count). The van der Waals surface area contributed by atoms with Crippen LogP contribution >= 0.6 is 0 Å². The lowest BCUT2D eigenvalue weighted by atomic mass is 9.89. The van der Waals surface area contributed by atoms with Crippen LogP contribution in [0.5, 0.6) is 11.5 Å². The molecular formula is C21H30N2O3. The molecule has 0 aliphatic carbocycles. The van der Waals surface area contributed by atoms with E-state index in [-0.39, 0.29) is 0 Å². The number of nitrogens with zero attached hydrogens (tertiary/aromatic N) is 2. The van der Waals surface area contributed by atoms with Gasteiger partial charge in [-0.05, 0) is 82.7 Å². The molecule has 3 heterocycles. The summed E-state index contributed by atoms with van der Waals surface area (Å²) in [6.45, 7) is 7.26. The fourth-order valence-corrected chi connectivity index (χ4v) is 4.78. The van der Waals surface area contributed by atoms with Crippen LogP contribution in [0.3, 0.4) is 0 Å². The highest BCUT2D eigenvalue weighted by atomic mass is 16.7. The van der Waals surface area contributed by atoms with E-state index in [0.29, 0.717) is 37.2 Å². The van der Waals surface area contributed by atoms with E-state index in [9.17, 15) is 4.79 Å². The highest BCUT2D eigenvalue weighted by Crippen LogP contribution is 2.37. The van der Waals surface area contributed by atoms with Gasteiger partial charge in [0, 0.05) is 12.1 Å². The third-order valence-electron chi connectivity index (χ3n) is 6.30. The van der Waals surface area contributed by atoms with Crippen molar-refractivity contribution in [2.24, 2.45) is 0 Å². The predicted molar refractivity (Wildman–Crippen MR) is 101 cm³/mol. The van der Waals surface area contributed by atoms with Gasteiger partial charge >= 0.3 is 0 Å². The van der Waals surface area contributed by atoms with Gasteiger partial charge in [0.25, 0.3) is 0 Å². The first-order chi connectivity index (χ1) is 12.6. The number of carbonyl (C=O) groups is 1. The van der Waals surface area contributed by atoms with Gasteiger partial charge in [0.05, 0.1) is 6.54 Å². The van der Waals surface area contributed by atoms with Gasteiger partial charge < -0.3 is 14.4 Å². The molecular weight excluding hydrogens is 328 g/mol. The van der Waals surface area contributed by atoms with Gasteiger partial charge in [0.1, 0.15) is 0 Å². The highest BCUT2D eigenvalue weighted by Gasteiger charge is 2.31. The first-order valence-electron chi connectivity index (χ1n) is 10.0. The zero-order chi connectivity index (χ0) is 18.1. The maximum absolute atomic E-state index is 12.8. The van der Waals surface area contributed by atoms with Crippen molar-refractivity contribution in [3.8, 4) is 11.5 Å². The molecule has 1 aromatic carbocycles. The SMILES string of the molecule is C[C@H]1CCC[C@H](C)N1C(=O)CN1CCC(c2ccc3c(c2)OCO3)CC1. The molecule has 5 nitrogen and oxygen atoms in total. The summed E-state index contributed by atoms with van der Waals surface area (Å²) >= 11 is 0. The normalized spacial score (nSPS) is 26.9. The summed E-state index contributed by atoms with van der Waals surface area (Å²) in [6.07, 6.45) is 5.72. The Morgan fingerprint density at radius 3 is 2.46 bits per heavy atom. The van der Waals surface area contributed by atoms with E-state index in [0.717, 1.165) is 50.3 Å². The Morgan fingerprint density at radius 1 is 1.04 bits per heavy atom. The molecule has 0 aromatic heterocycles. The van der Waals surface area contributed by atoms with Crippen molar-refractivity contribution in [1.29, 1.82) is 0 Å². The third kappa shape index (κ3) is 3.54. The van der Waals surface area contributed by atoms with Crippen LogP contribution in [0.1, 0.15) is 57.4 Å². The summed E-state index contributed by atoms with van der Waals surface area (Å²) in [5.74, 6) is 2.57. The van der Waals surface area contributed by atoms with Crippen molar-refractivity contribution in [2.75, 3.05) is 26.4 Å². The van der Waals surface area contributed by atoms with Crippen molar-refractivity contribution < 1.29 is 14.3 Å². The summed E-state index contributed by atoms with van der Waals surface area (Å²) in [6, 6.07) is 7.09. The van der Waals surface area contributed by atoms with E-state index in [4.69, 9.17) is 9.47 Å². The third-order valence-corrected chi connectivity index (χ3v) is 6.30. The Balaban J connectivity index is 1.31. The maximum Gasteiger partial charge on any atom is 0.237 e. The molecule has 3 aliphatic rings. The first-order valence-corrected chi connectivity index (χ1v) is 10.0. The zero-order valence-electron chi connectivity index (χ0n) is 15.9. The summed E-state index contributed by atoms with van der Waals surface area (Å²) in [5, 5.41) is 0. The summed E-state index contributed by atoms with van der Waals surface area (Å²) in [4.78, 5) is 17.3. The van der Waals surface area contributed by atoms with Gasteiger partial charge in [0.2, 0.25) is 12.7 Å². The van der Waals surface area contributed by atoms with Crippen LogP contribution < -0.4 is 9.47 Å². The number of benzene rings is 1. The number of fused-ring (bicyclic) bond motifs is 1. The molecule has 1 aromatic rings. The van der Waals surface area contributed by atoms with Crippen LogP contribution in [0.25, 0.3) is 0 Å². The number of rotatable bonds is 3. The number of likely N-dealkylation sites (tertiary alicyclic amines) is 2. The van der Waals surface area contributed by atoms with Gasteiger partial charge in [-0.15, -0.1) is 0 Å². The summed E-state index contributed by atoms with van der Waals surface area (Å²) in [7, 11) is 0. The summed E-state index contributed by atoms with van der Waals surface area (Å²) in [5.41, 5.74) is 1.33. The molecule has 0 spiro atoms. The largest absolute Gasteiger partial charge is 0.454 e. The topological polar surface area (TPSA) is 42.0 Å². The number of carbonyl (C=O) groups excluding carboxylic acids is 1. The number of hydrogen-bond donors (Lipinski definition) is 0. The minimum Gasteiger partial charge on any atom is -0.454 e. The van der Waals surface area contributed by atoms with Crippen LogP contribution in [0, 0.1) is 0 Å². The van der Waals surface area contributed by atoms with Crippen molar-refractivity contribution >= 4 is 5.91 Å². The quantitative estimate of drug-likeness (QED) is 0.831. The van der Waals surface area contributed by atoms with E-state index < -0.39 is 0 Å². The highest BCUT2D eigenvalue weighted by molar-refractivity contribution is 5.79. The number of hydrogen-bond acceptors (Lipinski definition) is 4. The average Bonchev–Trinajstić information content (AvgIpc) is 3.10. The Bertz CT molecular complexity index is 645. The van der Waals surface area contributed by atoms with Crippen LogP contribution in [-0.2, 0) is 4.79 Å². The predicted octanol–water partition coefficient (Wildman–Crippen LogP) is 3.38. The molecule has 0 bridgehead atoms. The second-order valence-corrected chi connectivity index (χ2v) is 8.09. The van der Waals surface area contributed by atoms with E-state index in [2.05, 4.69) is 35.8 Å². The Morgan fingerprint density at radius 2 is 1.73 bits per heavy atom. The minimum absolute atomic E-state index is 0.311. The van der Waals surface area contributed by atoms with E-state index in [1.165, 1.54) is 12.0 Å². The lowest BCUT2D eigenvalue weighted by Gasteiger charge is -2.41. The smallest absolute Gasteiger partial charge is 0.237 e. The Kier molecular flexibility index (Phi) is 5.07. The van der Waals surface area contributed by atoms with Crippen molar-refractivity contribution in [3.63, 3.8) is 0 Å². The lowest BCUT2D eigenvalue weighted by Crippen LogP contribution is -2.51. The second kappa shape index (κ2) is 7.47. The molecule has 0 unspecified atom stereocenters. The molecule has 5 heteroatoms. The van der Waals surface area contributed by atoms with Crippen molar-refractivity contribution in [1.82, 2.24) is 9.80 Å². The van der Waals surface area contributed by atoms with E-state index in [1.807, 2.05) is 6.07 Å². The fourth-order valence-electron chi connectivity index (χ4n) is 4.78. The maximum atomic E-state index is 12.8. The fraction of sp³-hybridized carbons (Fsp3) is 0.667. The molecule has 0 N–H and O–H groups in total. The number of ether oxygens (including phenoxy) is 2. The molecule has 26 heavy (non-hydrogen) atoms. The molecule has 1 amide bonds. The van der Waals surface area contributed by atoms with Crippen molar-refractivity contribution in [2.45, 2.75) is 64.0 Å². The molecule has 2 fully saturated rings. The molecule has 2 saturated heterocycles. The van der Waals surface area contributed by atoms with Crippen LogP contribution in [0.15, 0.2) is 18.2 Å². The minimum atomic E-state index is 0.311. The van der Waals surface area contributed by atoms with Crippen LogP contribution in [0.4, 0.5) is 0 Å². The molecule has 0 radical (unpaired) electrons. The first kappa shape index (κ1) is 17.7. The van der Waals surface area contributed by atoms with E-state index >= 15 is 0 Å². The lowest BCUT2D eigenvalue weighted by molar-refractivity contribution is -0.138. The van der Waals surface area contributed by atoms with E-state index in [1.54, 1.807) is 0 Å². The monoisotopic (exact) mass is 358 g/mol.